The number of hydrogen-bond acceptors (Lipinski definition) is 6. The fourth-order valence-corrected chi connectivity index (χ4v) is 10.3. The first kappa shape index (κ1) is 36.7. The van der Waals surface area contributed by atoms with Gasteiger partial charge in [0.25, 0.3) is 0 Å². The molecule has 0 spiro atoms. The van der Waals surface area contributed by atoms with Crippen LogP contribution in [-0.4, -0.2) is 0 Å². The van der Waals surface area contributed by atoms with Crippen LogP contribution < -0.4 is 9.80 Å². The van der Waals surface area contributed by atoms with Gasteiger partial charge in [0.15, 0.2) is 11.2 Å². The van der Waals surface area contributed by atoms with Gasteiger partial charge in [-0.3, -0.25) is 0 Å². The monoisotopic (exact) mass is 850 g/mol. The van der Waals surface area contributed by atoms with Gasteiger partial charge in [0, 0.05) is 66.2 Å². The summed E-state index contributed by atoms with van der Waals surface area (Å²) < 4.78 is 26.7. The van der Waals surface area contributed by atoms with Crippen LogP contribution in [0.5, 0.6) is 0 Å². The Morgan fingerprint density at radius 3 is 1.32 bits per heavy atom. The van der Waals surface area contributed by atoms with E-state index in [0.29, 0.717) is 0 Å². The average molecular weight is 851 g/mol. The predicted octanol–water partition coefficient (Wildman–Crippen LogP) is 18.0. The molecule has 0 aliphatic heterocycles. The Morgan fingerprint density at radius 1 is 0.273 bits per heavy atom. The average Bonchev–Trinajstić information content (AvgIpc) is 4.11. The summed E-state index contributed by atoms with van der Waals surface area (Å²) in [5.41, 5.74) is 15.1. The van der Waals surface area contributed by atoms with Gasteiger partial charge < -0.3 is 27.5 Å². The van der Waals surface area contributed by atoms with Gasteiger partial charge in [-0.15, -0.1) is 0 Å². The zero-order chi connectivity index (χ0) is 43.6. The molecule has 0 saturated carbocycles. The predicted molar refractivity (Wildman–Crippen MR) is 272 cm³/mol. The molecule has 6 nitrogen and oxygen atoms in total. The molecule has 312 valence electrons. The highest BCUT2D eigenvalue weighted by molar-refractivity contribution is 6.18. The van der Waals surface area contributed by atoms with Crippen molar-refractivity contribution >= 4 is 133 Å². The van der Waals surface area contributed by atoms with Gasteiger partial charge in [-0.1, -0.05) is 103 Å². The number of nitrogens with zero attached hydrogens (tertiary/aromatic N) is 2. The Kier molecular flexibility index (Phi) is 7.72. The van der Waals surface area contributed by atoms with Crippen molar-refractivity contribution in [1.29, 1.82) is 0 Å². The SMILES string of the molecule is Cc1ccccc1N(c1ccc2cc3c(cc2c1)oc1cc2c(cc13)oc1cc(N(c3ccccc3C)c3cccc4c3oc3ccccc34)ccc12)c1cccc2c1oc1ccccc12. The Hall–Kier alpha value is -8.74. The van der Waals surface area contributed by atoms with Crippen molar-refractivity contribution in [3.05, 3.63) is 205 Å². The second kappa shape index (κ2) is 13.9. The summed E-state index contributed by atoms with van der Waals surface area (Å²) in [6.07, 6.45) is 0. The number of para-hydroxylation sites is 6. The molecule has 10 aromatic carbocycles. The lowest BCUT2D eigenvalue weighted by Gasteiger charge is -2.27. The number of hydrogen-bond donors (Lipinski definition) is 0. The van der Waals surface area contributed by atoms with E-state index in [9.17, 15) is 0 Å². The number of aryl methyl sites for hydroxylation is 2. The first-order valence-electron chi connectivity index (χ1n) is 22.3. The summed E-state index contributed by atoms with van der Waals surface area (Å²) in [5, 5.41) is 10.6. The van der Waals surface area contributed by atoms with Crippen LogP contribution >= 0.6 is 0 Å². The van der Waals surface area contributed by atoms with Crippen molar-refractivity contribution in [1.82, 2.24) is 0 Å². The lowest BCUT2D eigenvalue weighted by atomic mass is 10.0. The number of benzene rings is 10. The summed E-state index contributed by atoms with van der Waals surface area (Å²) in [6.45, 7) is 4.30. The lowest BCUT2D eigenvalue weighted by Crippen LogP contribution is -2.11. The summed E-state index contributed by atoms with van der Waals surface area (Å²) in [6, 6.07) is 68.0. The molecule has 6 heteroatoms. The van der Waals surface area contributed by atoms with Crippen molar-refractivity contribution in [3.63, 3.8) is 0 Å². The quantitative estimate of drug-likeness (QED) is 0.166. The third kappa shape index (κ3) is 5.42. The molecular weight excluding hydrogens is 813 g/mol. The van der Waals surface area contributed by atoms with Gasteiger partial charge in [-0.05, 0) is 121 Å². The molecule has 0 unspecified atom stereocenters. The van der Waals surface area contributed by atoms with E-state index < -0.39 is 0 Å². The lowest BCUT2D eigenvalue weighted by molar-refractivity contribution is 0.664. The van der Waals surface area contributed by atoms with E-state index in [0.717, 1.165) is 144 Å². The minimum absolute atomic E-state index is 0.796. The molecule has 0 N–H and O–H groups in total. The first-order chi connectivity index (χ1) is 32.5. The van der Waals surface area contributed by atoms with E-state index in [1.54, 1.807) is 0 Å². The van der Waals surface area contributed by atoms with Crippen molar-refractivity contribution in [3.8, 4) is 0 Å². The topological polar surface area (TPSA) is 59.0 Å². The van der Waals surface area contributed by atoms with Crippen LogP contribution in [0.4, 0.5) is 34.1 Å². The van der Waals surface area contributed by atoms with Gasteiger partial charge in [-0.25, -0.2) is 0 Å². The molecule has 0 atom stereocenters. The molecule has 0 saturated heterocycles. The van der Waals surface area contributed by atoms with Crippen LogP contribution in [0.25, 0.3) is 98.5 Å². The van der Waals surface area contributed by atoms with E-state index in [1.165, 1.54) is 0 Å². The largest absolute Gasteiger partial charge is 0.456 e. The minimum Gasteiger partial charge on any atom is -0.456 e. The Labute approximate surface area is 377 Å². The van der Waals surface area contributed by atoms with E-state index >= 15 is 0 Å². The molecule has 0 fully saturated rings. The Bertz CT molecular complexity index is 4130. The maximum atomic E-state index is 6.78. The second-order valence-corrected chi connectivity index (χ2v) is 17.4. The van der Waals surface area contributed by atoms with Gasteiger partial charge in [-0.2, -0.15) is 0 Å². The summed E-state index contributed by atoms with van der Waals surface area (Å²) in [7, 11) is 0. The molecule has 0 aliphatic carbocycles. The minimum atomic E-state index is 0.796. The highest BCUT2D eigenvalue weighted by atomic mass is 16.3. The number of furan rings is 4. The van der Waals surface area contributed by atoms with Crippen LogP contribution in [0.15, 0.2) is 212 Å². The standard InChI is InChI=1S/C60H38N2O4/c1-35-13-3-7-19-49(35)61(51-21-11-17-44-41-15-5-9-23-53(41)65-59(44)51)39-26-25-37-30-46-48-34-57-47(33-58(48)63-55(46)31-38(37)29-39)43-28-27-40(32-56(43)64-57)62(50-20-8-4-14-36(50)2)52-22-12-18-45-42-16-6-10-24-54(42)66-60(45)52/h3-34H,1-2H3. The Balaban J connectivity index is 0.892. The zero-order valence-electron chi connectivity index (χ0n) is 36.0. The van der Waals surface area contributed by atoms with Crippen LogP contribution in [0, 0.1) is 13.8 Å². The van der Waals surface area contributed by atoms with E-state index in [-0.39, 0.29) is 0 Å². The normalized spacial score (nSPS) is 12.1. The fraction of sp³-hybridized carbons (Fsp3) is 0.0333. The molecule has 14 rings (SSSR count). The third-order valence-electron chi connectivity index (χ3n) is 13.5. The van der Waals surface area contributed by atoms with Gasteiger partial charge in [0.05, 0.1) is 17.1 Å². The maximum absolute atomic E-state index is 6.78. The molecular formula is C60H38N2O4. The van der Waals surface area contributed by atoms with Crippen LogP contribution in [0.3, 0.4) is 0 Å². The van der Waals surface area contributed by atoms with Crippen molar-refractivity contribution in [2.24, 2.45) is 0 Å². The van der Waals surface area contributed by atoms with Crippen molar-refractivity contribution in [2.75, 3.05) is 9.80 Å². The Morgan fingerprint density at radius 2 is 0.712 bits per heavy atom. The molecule has 4 heterocycles. The summed E-state index contributed by atoms with van der Waals surface area (Å²) in [4.78, 5) is 4.59. The third-order valence-corrected chi connectivity index (χ3v) is 13.5. The van der Waals surface area contributed by atoms with Crippen molar-refractivity contribution in [2.45, 2.75) is 13.8 Å². The first-order valence-corrected chi connectivity index (χ1v) is 22.3. The maximum Gasteiger partial charge on any atom is 0.159 e. The van der Waals surface area contributed by atoms with E-state index in [1.807, 2.05) is 24.3 Å². The molecule has 0 amide bonds. The fourth-order valence-electron chi connectivity index (χ4n) is 10.3. The molecule has 14 aromatic rings. The van der Waals surface area contributed by atoms with E-state index in [4.69, 9.17) is 17.7 Å². The zero-order valence-corrected chi connectivity index (χ0v) is 36.0. The summed E-state index contributed by atoms with van der Waals surface area (Å²) in [5.74, 6) is 0. The number of rotatable bonds is 6. The van der Waals surface area contributed by atoms with Crippen LogP contribution in [0.1, 0.15) is 11.1 Å². The van der Waals surface area contributed by atoms with Crippen LogP contribution in [0.2, 0.25) is 0 Å². The second-order valence-electron chi connectivity index (χ2n) is 17.4. The molecule has 4 aromatic heterocycles. The van der Waals surface area contributed by atoms with Crippen molar-refractivity contribution < 1.29 is 17.7 Å². The summed E-state index contributed by atoms with van der Waals surface area (Å²) >= 11 is 0. The molecule has 0 radical (unpaired) electrons. The molecule has 66 heavy (non-hydrogen) atoms. The van der Waals surface area contributed by atoms with Gasteiger partial charge in [0.2, 0.25) is 0 Å². The molecule has 0 bridgehead atoms. The molecule has 0 aliphatic rings. The highest BCUT2D eigenvalue weighted by Crippen LogP contribution is 2.47. The highest BCUT2D eigenvalue weighted by Gasteiger charge is 2.24. The smallest absolute Gasteiger partial charge is 0.159 e. The number of fused-ring (bicyclic) bond motifs is 13. The number of anilines is 6. The van der Waals surface area contributed by atoms with Crippen LogP contribution in [-0.2, 0) is 0 Å². The van der Waals surface area contributed by atoms with E-state index in [2.05, 4.69) is 194 Å². The van der Waals surface area contributed by atoms with Gasteiger partial charge >= 0.3 is 0 Å². The van der Waals surface area contributed by atoms with Gasteiger partial charge in [0.1, 0.15) is 33.5 Å².